The highest BCUT2D eigenvalue weighted by Crippen LogP contribution is 2.49. The van der Waals surface area contributed by atoms with Crippen LogP contribution in [0.1, 0.15) is 57.0 Å². The number of nitrogens with zero attached hydrogens (tertiary/aromatic N) is 3. The van der Waals surface area contributed by atoms with E-state index in [1.807, 2.05) is 61.2 Å². The van der Waals surface area contributed by atoms with Crippen LogP contribution in [0.2, 0.25) is 0 Å². The maximum atomic E-state index is 13.9. The molecule has 190 valence electrons. The number of ether oxygens (including phenoxy) is 1. The lowest BCUT2D eigenvalue weighted by Crippen LogP contribution is -2.53. The largest absolute Gasteiger partial charge is 0.494 e. The molecule has 3 amide bonds. The van der Waals surface area contributed by atoms with Crippen molar-refractivity contribution in [2.75, 3.05) is 26.7 Å². The Kier molecular flexibility index (Phi) is 6.29. The van der Waals surface area contributed by atoms with E-state index in [-0.39, 0.29) is 18.0 Å². The molecule has 0 saturated carbocycles. The number of amides is 3. The van der Waals surface area contributed by atoms with E-state index < -0.39 is 5.54 Å². The smallest absolute Gasteiger partial charge is 0.328 e. The highest BCUT2D eigenvalue weighted by atomic mass is 16.5. The first-order chi connectivity index (χ1) is 17.3. The summed E-state index contributed by atoms with van der Waals surface area (Å²) in [6, 6.07) is 15.9. The summed E-state index contributed by atoms with van der Waals surface area (Å²) in [6.07, 6.45) is 1.21. The quantitative estimate of drug-likeness (QED) is 0.455. The van der Waals surface area contributed by atoms with Gasteiger partial charge in [0, 0.05) is 35.6 Å². The Balaban J connectivity index is 1.57. The molecule has 0 aliphatic carbocycles. The van der Waals surface area contributed by atoms with Crippen LogP contribution in [0.3, 0.4) is 0 Å². The third-order valence-electron chi connectivity index (χ3n) is 7.84. The van der Waals surface area contributed by atoms with Gasteiger partial charge in [-0.1, -0.05) is 30.3 Å². The zero-order valence-electron chi connectivity index (χ0n) is 21.9. The molecule has 2 aliphatic heterocycles. The summed E-state index contributed by atoms with van der Waals surface area (Å²) in [4.78, 5) is 36.9. The van der Waals surface area contributed by atoms with Gasteiger partial charge in [0.15, 0.2) is 0 Å². The van der Waals surface area contributed by atoms with E-state index in [2.05, 4.69) is 36.8 Å². The Morgan fingerprint density at radius 3 is 2.61 bits per heavy atom. The van der Waals surface area contributed by atoms with Gasteiger partial charge in [0.2, 0.25) is 0 Å². The molecule has 3 heterocycles. The van der Waals surface area contributed by atoms with E-state index >= 15 is 0 Å². The maximum absolute atomic E-state index is 13.9. The first-order valence-electron chi connectivity index (χ1n) is 12.9. The molecule has 3 aromatic rings. The number of carbonyl (C=O) groups excluding carboxylic acids is 2. The van der Waals surface area contributed by atoms with Crippen molar-refractivity contribution in [3.8, 4) is 5.75 Å². The Labute approximate surface area is 213 Å². The molecule has 5 rings (SSSR count). The lowest BCUT2D eigenvalue weighted by atomic mass is 9.81. The molecule has 0 radical (unpaired) electrons. The van der Waals surface area contributed by atoms with Gasteiger partial charge in [-0.05, 0) is 77.0 Å². The molecule has 2 aliphatic rings. The Morgan fingerprint density at radius 2 is 1.92 bits per heavy atom. The van der Waals surface area contributed by atoms with E-state index in [0.717, 1.165) is 46.4 Å². The molecule has 0 bridgehead atoms. The number of aromatic nitrogens is 1. The number of H-pyrrole nitrogens is 1. The van der Waals surface area contributed by atoms with E-state index in [0.29, 0.717) is 25.6 Å². The predicted molar refractivity (Wildman–Crippen MR) is 141 cm³/mol. The van der Waals surface area contributed by atoms with Gasteiger partial charge in [-0.2, -0.15) is 0 Å². The third kappa shape index (κ3) is 3.86. The van der Waals surface area contributed by atoms with Crippen LogP contribution >= 0.6 is 0 Å². The van der Waals surface area contributed by atoms with Crippen molar-refractivity contribution >= 4 is 22.8 Å². The summed E-state index contributed by atoms with van der Waals surface area (Å²) >= 11 is 0. The average molecular weight is 489 g/mol. The summed E-state index contributed by atoms with van der Waals surface area (Å²) in [5.74, 6) is 0.696. The van der Waals surface area contributed by atoms with Crippen LogP contribution in [0.5, 0.6) is 5.75 Å². The molecule has 0 spiro atoms. The van der Waals surface area contributed by atoms with E-state index in [4.69, 9.17) is 4.74 Å². The van der Waals surface area contributed by atoms with Gasteiger partial charge >= 0.3 is 6.03 Å². The zero-order valence-corrected chi connectivity index (χ0v) is 21.9. The number of benzene rings is 2. The van der Waals surface area contributed by atoms with Crippen LogP contribution < -0.4 is 4.74 Å². The first kappa shape index (κ1) is 24.4. The number of fused-ring (bicyclic) bond motifs is 4. The molecule has 1 N–H and O–H groups in total. The molecule has 1 aromatic heterocycles. The minimum Gasteiger partial charge on any atom is -0.494 e. The van der Waals surface area contributed by atoms with Gasteiger partial charge < -0.3 is 14.6 Å². The molecule has 36 heavy (non-hydrogen) atoms. The van der Waals surface area contributed by atoms with E-state index in [1.54, 1.807) is 0 Å². The van der Waals surface area contributed by atoms with Crippen molar-refractivity contribution in [2.45, 2.75) is 58.2 Å². The second-order valence-corrected chi connectivity index (χ2v) is 10.5. The van der Waals surface area contributed by atoms with Gasteiger partial charge in [0.1, 0.15) is 17.3 Å². The first-order valence-corrected chi connectivity index (χ1v) is 12.9. The number of hydrogen-bond donors (Lipinski definition) is 1. The van der Waals surface area contributed by atoms with Crippen molar-refractivity contribution in [1.82, 2.24) is 19.7 Å². The summed E-state index contributed by atoms with van der Waals surface area (Å²) < 4.78 is 5.78. The molecular weight excluding hydrogens is 452 g/mol. The van der Waals surface area contributed by atoms with Gasteiger partial charge in [-0.15, -0.1) is 0 Å². The zero-order chi connectivity index (χ0) is 25.6. The highest BCUT2D eigenvalue weighted by Gasteiger charge is 2.59. The summed E-state index contributed by atoms with van der Waals surface area (Å²) in [7, 11) is 2.07. The van der Waals surface area contributed by atoms with Gasteiger partial charge in [-0.3, -0.25) is 14.6 Å². The van der Waals surface area contributed by atoms with Crippen LogP contribution in [0.4, 0.5) is 4.79 Å². The van der Waals surface area contributed by atoms with E-state index in [9.17, 15) is 9.59 Å². The van der Waals surface area contributed by atoms with Crippen molar-refractivity contribution in [3.63, 3.8) is 0 Å². The normalized spacial score (nSPS) is 21.6. The van der Waals surface area contributed by atoms with Crippen LogP contribution in [-0.2, 0) is 11.2 Å². The second-order valence-electron chi connectivity index (χ2n) is 10.5. The SMILES string of the molecule is CCOc1ccc2[nH]c3c(c2c1)C[C@@]1(C)C(=O)N(CCCN(C)C(C)C)C(=O)N1[C@@H]3c1ccccc1. The van der Waals surface area contributed by atoms with Crippen molar-refractivity contribution in [1.29, 1.82) is 0 Å². The predicted octanol–water partition coefficient (Wildman–Crippen LogP) is 4.97. The fraction of sp³-hybridized carbons (Fsp3) is 0.448. The van der Waals surface area contributed by atoms with Crippen LogP contribution in [0.15, 0.2) is 48.5 Å². The molecule has 7 heteroatoms. The molecule has 1 saturated heterocycles. The Hall–Kier alpha value is -3.32. The van der Waals surface area contributed by atoms with Crippen molar-refractivity contribution in [2.24, 2.45) is 0 Å². The van der Waals surface area contributed by atoms with E-state index in [1.165, 1.54) is 4.90 Å². The number of aromatic amines is 1. The standard InChI is InChI=1S/C29H36N4O3/c1-6-36-21-13-14-24-22(17-21)23-18-29(4)27(34)32(16-10-15-31(5)19(2)3)28(35)33(29)26(25(23)30-24)20-11-8-7-9-12-20/h7-9,11-14,17,19,26,30H,6,10,15-16,18H2,1-5H3/t26-,29+/m1/s1. The molecule has 2 aromatic carbocycles. The number of hydrogen-bond acceptors (Lipinski definition) is 4. The minimum atomic E-state index is -0.953. The monoisotopic (exact) mass is 488 g/mol. The number of nitrogens with one attached hydrogen (secondary N) is 1. The van der Waals surface area contributed by atoms with Gasteiger partial charge in [0.25, 0.3) is 5.91 Å². The Bertz CT molecular complexity index is 1280. The van der Waals surface area contributed by atoms with Crippen LogP contribution in [-0.4, -0.2) is 69.9 Å². The summed E-state index contributed by atoms with van der Waals surface area (Å²) in [5.41, 5.74) is 3.09. The maximum Gasteiger partial charge on any atom is 0.328 e. The third-order valence-corrected chi connectivity index (χ3v) is 7.84. The molecule has 1 fully saturated rings. The number of imide groups is 1. The molecule has 2 atom stereocenters. The van der Waals surface area contributed by atoms with Crippen molar-refractivity contribution < 1.29 is 14.3 Å². The number of rotatable bonds is 8. The number of carbonyl (C=O) groups is 2. The Morgan fingerprint density at radius 1 is 1.17 bits per heavy atom. The lowest BCUT2D eigenvalue weighted by Gasteiger charge is -2.42. The topological polar surface area (TPSA) is 68.9 Å². The van der Waals surface area contributed by atoms with Gasteiger partial charge in [0.05, 0.1) is 6.61 Å². The molecule has 0 unspecified atom stereocenters. The fourth-order valence-electron chi connectivity index (χ4n) is 5.66. The average Bonchev–Trinajstić information content (AvgIpc) is 3.30. The summed E-state index contributed by atoms with van der Waals surface area (Å²) in [5, 5.41) is 1.05. The molecular formula is C29H36N4O3. The summed E-state index contributed by atoms with van der Waals surface area (Å²) in [6.45, 7) is 10.0. The van der Waals surface area contributed by atoms with Crippen LogP contribution in [0, 0.1) is 0 Å². The minimum absolute atomic E-state index is 0.110. The fourth-order valence-corrected chi connectivity index (χ4v) is 5.66. The number of urea groups is 1. The highest BCUT2D eigenvalue weighted by molar-refractivity contribution is 6.08. The second kappa shape index (κ2) is 9.28. The molecule has 7 nitrogen and oxygen atoms in total. The van der Waals surface area contributed by atoms with Gasteiger partial charge in [-0.25, -0.2) is 4.79 Å². The van der Waals surface area contributed by atoms with Crippen LogP contribution in [0.25, 0.3) is 10.9 Å². The van der Waals surface area contributed by atoms with Crippen molar-refractivity contribution in [3.05, 3.63) is 65.4 Å². The lowest BCUT2D eigenvalue weighted by molar-refractivity contribution is -0.133.